The monoisotopic (exact) mass is 550 g/mol. The maximum Gasteiger partial charge on any atom is 0.295 e. The van der Waals surface area contributed by atoms with Crippen LogP contribution >= 0.6 is 0 Å². The van der Waals surface area contributed by atoms with Crippen LogP contribution in [0.4, 0.5) is 0 Å². The van der Waals surface area contributed by atoms with E-state index < -0.39 is 17.7 Å². The topological polar surface area (TPSA) is 97.8 Å². The third-order valence-corrected chi connectivity index (χ3v) is 6.88. The van der Waals surface area contributed by atoms with Crippen LogP contribution in [0.2, 0.25) is 0 Å². The highest BCUT2D eigenvalue weighted by Crippen LogP contribution is 2.42. The molecule has 0 radical (unpaired) electrons. The maximum atomic E-state index is 13.4. The van der Waals surface area contributed by atoms with Crippen molar-refractivity contribution in [3.63, 3.8) is 0 Å². The molecule has 0 aliphatic carbocycles. The number of amides is 1. The minimum Gasteiger partial charge on any atom is -0.507 e. The first-order valence-corrected chi connectivity index (χ1v) is 13.6. The summed E-state index contributed by atoms with van der Waals surface area (Å²) in [4.78, 5) is 30.6. The lowest BCUT2D eigenvalue weighted by Gasteiger charge is -2.29. The molecular formula is C31H38N2O7. The summed E-state index contributed by atoms with van der Waals surface area (Å²) in [5.74, 6) is 0.0127. The molecular weight excluding hydrogens is 512 g/mol. The summed E-state index contributed by atoms with van der Waals surface area (Å²) in [6.07, 6.45) is 2.30. The number of benzene rings is 2. The molecule has 0 aromatic heterocycles. The Morgan fingerprint density at radius 3 is 2.48 bits per heavy atom. The van der Waals surface area contributed by atoms with Crippen molar-refractivity contribution in [2.24, 2.45) is 0 Å². The SMILES string of the molecule is C=CCOc1ccc(C2C(=C(O)c3ccc(OC(C)C)cc3)C(=O)C(=O)N2CCCN2CCOCC2)cc1OC. The van der Waals surface area contributed by atoms with Gasteiger partial charge in [-0.25, -0.2) is 0 Å². The molecule has 0 spiro atoms. The van der Waals surface area contributed by atoms with Gasteiger partial charge in [-0.3, -0.25) is 14.5 Å². The molecule has 40 heavy (non-hydrogen) atoms. The number of ether oxygens (including phenoxy) is 4. The second-order valence-electron chi connectivity index (χ2n) is 10.0. The van der Waals surface area contributed by atoms with E-state index in [0.717, 1.165) is 19.6 Å². The number of aliphatic hydroxyl groups excluding tert-OH is 1. The van der Waals surface area contributed by atoms with Crippen LogP contribution < -0.4 is 14.2 Å². The Labute approximate surface area is 235 Å². The predicted molar refractivity (Wildman–Crippen MR) is 152 cm³/mol. The number of Topliss-reactive ketones (excluding diaryl/α,β-unsaturated/α-hetero) is 1. The van der Waals surface area contributed by atoms with E-state index >= 15 is 0 Å². The van der Waals surface area contributed by atoms with Gasteiger partial charge in [-0.2, -0.15) is 0 Å². The van der Waals surface area contributed by atoms with Gasteiger partial charge < -0.3 is 29.0 Å². The van der Waals surface area contributed by atoms with E-state index in [0.29, 0.717) is 61.2 Å². The summed E-state index contributed by atoms with van der Waals surface area (Å²) in [5, 5.41) is 11.4. The number of ketones is 1. The first kappa shape index (κ1) is 29.2. The number of morpholine rings is 1. The van der Waals surface area contributed by atoms with Crippen LogP contribution in [0.25, 0.3) is 5.76 Å². The van der Waals surface area contributed by atoms with Crippen molar-refractivity contribution >= 4 is 17.4 Å². The van der Waals surface area contributed by atoms with Crippen LogP contribution in [0.15, 0.2) is 60.7 Å². The van der Waals surface area contributed by atoms with Crippen molar-refractivity contribution in [1.29, 1.82) is 0 Å². The van der Waals surface area contributed by atoms with Crippen molar-refractivity contribution in [2.75, 3.05) is 53.1 Å². The van der Waals surface area contributed by atoms with Crippen molar-refractivity contribution < 1.29 is 33.6 Å². The van der Waals surface area contributed by atoms with Crippen LogP contribution in [0, 0.1) is 0 Å². The molecule has 2 heterocycles. The molecule has 0 saturated carbocycles. The third kappa shape index (κ3) is 6.66. The predicted octanol–water partition coefficient (Wildman–Crippen LogP) is 4.19. The summed E-state index contributed by atoms with van der Waals surface area (Å²) in [6.45, 7) is 12.0. The molecule has 2 saturated heterocycles. The molecule has 1 atom stereocenters. The van der Waals surface area contributed by atoms with E-state index in [-0.39, 0.29) is 17.4 Å². The quantitative estimate of drug-likeness (QED) is 0.182. The third-order valence-electron chi connectivity index (χ3n) is 6.88. The van der Waals surface area contributed by atoms with Gasteiger partial charge in [0.2, 0.25) is 0 Å². The van der Waals surface area contributed by atoms with Gasteiger partial charge in [-0.15, -0.1) is 0 Å². The average molecular weight is 551 g/mol. The largest absolute Gasteiger partial charge is 0.507 e. The molecule has 2 aromatic rings. The zero-order chi connectivity index (χ0) is 28.6. The summed E-state index contributed by atoms with van der Waals surface area (Å²) in [7, 11) is 1.53. The highest BCUT2D eigenvalue weighted by atomic mass is 16.5. The molecule has 1 amide bonds. The van der Waals surface area contributed by atoms with E-state index in [1.54, 1.807) is 53.4 Å². The van der Waals surface area contributed by atoms with Gasteiger partial charge in [0.05, 0.1) is 38.0 Å². The first-order valence-electron chi connectivity index (χ1n) is 13.6. The highest BCUT2D eigenvalue weighted by Gasteiger charge is 2.46. The zero-order valence-corrected chi connectivity index (χ0v) is 23.4. The number of hydrogen-bond acceptors (Lipinski definition) is 8. The molecule has 1 unspecified atom stereocenters. The minimum atomic E-state index is -0.793. The van der Waals surface area contributed by atoms with Crippen LogP contribution in [0.1, 0.15) is 37.4 Å². The van der Waals surface area contributed by atoms with Gasteiger partial charge in [0.25, 0.3) is 11.7 Å². The standard InChI is InChI=1S/C31H38N2O7/c1-5-17-39-25-12-9-23(20-26(25)37-4)28-27(29(34)22-7-10-24(11-8-22)40-21(2)3)30(35)31(36)33(28)14-6-13-32-15-18-38-19-16-32/h5,7-12,20-21,28,34H,1,6,13-19H2,2-4H3. The van der Waals surface area contributed by atoms with E-state index in [2.05, 4.69) is 11.5 Å². The first-order chi connectivity index (χ1) is 19.3. The highest BCUT2D eigenvalue weighted by molar-refractivity contribution is 6.46. The number of rotatable bonds is 12. The fraction of sp³-hybridized carbons (Fsp3) is 0.419. The van der Waals surface area contributed by atoms with E-state index in [1.165, 1.54) is 7.11 Å². The molecule has 2 aliphatic heterocycles. The summed E-state index contributed by atoms with van der Waals surface area (Å²) >= 11 is 0. The van der Waals surface area contributed by atoms with Crippen LogP contribution in [0.5, 0.6) is 17.2 Å². The molecule has 9 nitrogen and oxygen atoms in total. The van der Waals surface area contributed by atoms with E-state index in [1.807, 2.05) is 13.8 Å². The van der Waals surface area contributed by atoms with Gasteiger partial charge in [-0.1, -0.05) is 18.7 Å². The van der Waals surface area contributed by atoms with Gasteiger partial charge in [0, 0.05) is 31.7 Å². The Hall–Kier alpha value is -3.82. The molecule has 2 aromatic carbocycles. The summed E-state index contributed by atoms with van der Waals surface area (Å²) in [6, 6.07) is 11.3. The van der Waals surface area contributed by atoms with Crippen molar-refractivity contribution in [3.05, 3.63) is 71.8 Å². The number of likely N-dealkylation sites (tertiary alicyclic amines) is 1. The Kier molecular flexibility index (Phi) is 9.84. The Bertz CT molecular complexity index is 1230. The lowest BCUT2D eigenvalue weighted by Crippen LogP contribution is -2.39. The number of aliphatic hydroxyl groups is 1. The zero-order valence-electron chi connectivity index (χ0n) is 23.4. The van der Waals surface area contributed by atoms with E-state index in [9.17, 15) is 14.7 Å². The lowest BCUT2D eigenvalue weighted by molar-refractivity contribution is -0.140. The number of carbonyl (C=O) groups is 2. The second kappa shape index (κ2) is 13.5. The normalized spacial score (nSPS) is 19.2. The molecule has 4 rings (SSSR count). The number of methoxy groups -OCH3 is 1. The van der Waals surface area contributed by atoms with Crippen molar-refractivity contribution in [1.82, 2.24) is 9.80 Å². The molecule has 9 heteroatoms. The second-order valence-corrected chi connectivity index (χ2v) is 10.0. The Morgan fingerprint density at radius 2 is 1.82 bits per heavy atom. The van der Waals surface area contributed by atoms with Crippen LogP contribution in [0.3, 0.4) is 0 Å². The summed E-state index contributed by atoms with van der Waals surface area (Å²) < 4.78 is 22.4. The number of carbonyl (C=O) groups excluding carboxylic acids is 2. The van der Waals surface area contributed by atoms with Crippen molar-refractivity contribution in [3.8, 4) is 17.2 Å². The fourth-order valence-corrected chi connectivity index (χ4v) is 4.99. The fourth-order valence-electron chi connectivity index (χ4n) is 4.99. The van der Waals surface area contributed by atoms with Gasteiger partial charge in [0.15, 0.2) is 11.5 Å². The molecule has 2 aliphatic rings. The molecule has 214 valence electrons. The Morgan fingerprint density at radius 1 is 1.10 bits per heavy atom. The van der Waals surface area contributed by atoms with Gasteiger partial charge >= 0.3 is 0 Å². The Balaban J connectivity index is 1.70. The number of nitrogens with zero attached hydrogens (tertiary/aromatic N) is 2. The molecule has 0 bridgehead atoms. The van der Waals surface area contributed by atoms with Gasteiger partial charge in [0.1, 0.15) is 18.1 Å². The molecule has 2 fully saturated rings. The van der Waals surface area contributed by atoms with Crippen molar-refractivity contribution in [2.45, 2.75) is 32.4 Å². The van der Waals surface area contributed by atoms with E-state index in [4.69, 9.17) is 18.9 Å². The molecule has 1 N–H and O–H groups in total. The van der Waals surface area contributed by atoms with Crippen LogP contribution in [-0.4, -0.2) is 85.8 Å². The van der Waals surface area contributed by atoms with Crippen LogP contribution in [-0.2, 0) is 14.3 Å². The average Bonchev–Trinajstić information content (AvgIpc) is 3.21. The smallest absolute Gasteiger partial charge is 0.295 e. The lowest BCUT2D eigenvalue weighted by atomic mass is 9.95. The summed E-state index contributed by atoms with van der Waals surface area (Å²) in [5.41, 5.74) is 1.09. The van der Waals surface area contributed by atoms with Gasteiger partial charge in [-0.05, 0) is 62.2 Å². The number of hydrogen-bond donors (Lipinski definition) is 1. The maximum absolute atomic E-state index is 13.4. The minimum absolute atomic E-state index is 0.00403.